The number of benzene rings is 9. The highest BCUT2D eigenvalue weighted by molar-refractivity contribution is 6.21. The van der Waals surface area contributed by atoms with Crippen molar-refractivity contribution in [2.24, 2.45) is 4.99 Å². The molecular weight excluding hydrogens is 667 g/mol. The molecule has 2 N–H and O–H groups in total. The molecule has 0 atom stereocenters. The molecule has 10 rings (SSSR count). The van der Waals surface area contributed by atoms with Crippen LogP contribution in [0.5, 0.6) is 0 Å². The Morgan fingerprint density at radius 3 is 1.95 bits per heavy atom. The predicted octanol–water partition coefficient (Wildman–Crippen LogP) is 13.6. The summed E-state index contributed by atoms with van der Waals surface area (Å²) in [5.41, 5.74) is 10.5. The van der Waals surface area contributed by atoms with E-state index in [4.69, 9.17) is 4.99 Å². The van der Waals surface area contributed by atoms with Gasteiger partial charge in [-0.3, -0.25) is 4.99 Å². The monoisotopic (exact) mass is 701 g/mol. The van der Waals surface area contributed by atoms with Crippen LogP contribution in [0, 0.1) is 5.41 Å². The van der Waals surface area contributed by atoms with Crippen molar-refractivity contribution in [3.63, 3.8) is 0 Å². The van der Waals surface area contributed by atoms with E-state index >= 15 is 0 Å². The van der Waals surface area contributed by atoms with Gasteiger partial charge in [-0.2, -0.15) is 0 Å². The minimum absolute atomic E-state index is 0.390. The van der Waals surface area contributed by atoms with Crippen LogP contribution < -0.4 is 0 Å². The molecule has 0 aliphatic carbocycles. The Labute approximate surface area is 319 Å². The van der Waals surface area contributed by atoms with E-state index in [9.17, 15) is 5.41 Å². The SMILES string of the molecule is N=C(/C=C(\N=Cc1c2ccccc2cc2c1ccc1ccccc12)c1ccccc1-c1ccc2c(c1)[nH]c1ccccc12)c1ccc(-c2ccccc2)cc1. The van der Waals surface area contributed by atoms with E-state index in [0.717, 1.165) is 66.1 Å². The second kappa shape index (κ2) is 13.6. The normalized spacial score (nSPS) is 12.1. The van der Waals surface area contributed by atoms with Gasteiger partial charge in [0.05, 0.1) is 11.4 Å². The van der Waals surface area contributed by atoms with Crippen LogP contribution in [0.3, 0.4) is 0 Å². The number of allylic oxidation sites excluding steroid dienone is 1. The van der Waals surface area contributed by atoms with E-state index < -0.39 is 0 Å². The largest absolute Gasteiger partial charge is 0.354 e. The molecule has 0 aliphatic heterocycles. The van der Waals surface area contributed by atoms with Gasteiger partial charge < -0.3 is 10.4 Å². The molecule has 3 heteroatoms. The molecule has 0 fully saturated rings. The number of hydrogen-bond donors (Lipinski definition) is 2. The molecule has 0 amide bonds. The van der Waals surface area contributed by atoms with Crippen LogP contribution in [-0.2, 0) is 0 Å². The first kappa shape index (κ1) is 32.3. The van der Waals surface area contributed by atoms with Gasteiger partial charge in [0, 0.05) is 39.1 Å². The predicted molar refractivity (Wildman–Crippen MR) is 234 cm³/mol. The summed E-state index contributed by atoms with van der Waals surface area (Å²) in [6.45, 7) is 0. The molecular formula is C52H35N3. The van der Waals surface area contributed by atoms with Gasteiger partial charge in [0.25, 0.3) is 0 Å². The zero-order chi connectivity index (χ0) is 36.7. The molecule has 0 aliphatic rings. The van der Waals surface area contributed by atoms with Crippen LogP contribution in [-0.4, -0.2) is 16.9 Å². The Morgan fingerprint density at radius 2 is 1.09 bits per heavy atom. The smallest absolute Gasteiger partial charge is 0.0729 e. The quantitative estimate of drug-likeness (QED) is 0.0944. The van der Waals surface area contributed by atoms with Crippen molar-refractivity contribution in [3.8, 4) is 22.3 Å². The van der Waals surface area contributed by atoms with Crippen molar-refractivity contribution in [2.75, 3.05) is 0 Å². The van der Waals surface area contributed by atoms with Gasteiger partial charge in [0.15, 0.2) is 0 Å². The van der Waals surface area contributed by atoms with Gasteiger partial charge in [-0.05, 0) is 84.4 Å². The van der Waals surface area contributed by atoms with Gasteiger partial charge in [-0.15, -0.1) is 0 Å². The Kier molecular flexibility index (Phi) is 7.96. The van der Waals surface area contributed by atoms with Crippen molar-refractivity contribution in [1.29, 1.82) is 5.41 Å². The second-order valence-corrected chi connectivity index (χ2v) is 14.0. The maximum atomic E-state index is 9.41. The summed E-state index contributed by atoms with van der Waals surface area (Å²) in [5.74, 6) is 0. The van der Waals surface area contributed by atoms with Gasteiger partial charge in [0.2, 0.25) is 0 Å². The highest BCUT2D eigenvalue weighted by Gasteiger charge is 2.15. The number of aromatic amines is 1. The molecule has 0 saturated heterocycles. The molecule has 0 spiro atoms. The summed E-state index contributed by atoms with van der Waals surface area (Å²) >= 11 is 0. The molecule has 3 nitrogen and oxygen atoms in total. The minimum atomic E-state index is 0.390. The van der Waals surface area contributed by atoms with E-state index in [1.165, 1.54) is 26.9 Å². The number of para-hydroxylation sites is 1. The topological polar surface area (TPSA) is 52.0 Å². The van der Waals surface area contributed by atoms with Crippen LogP contribution in [0.15, 0.2) is 199 Å². The molecule has 1 aromatic heterocycles. The van der Waals surface area contributed by atoms with Crippen molar-refractivity contribution in [2.45, 2.75) is 0 Å². The molecule has 55 heavy (non-hydrogen) atoms. The Morgan fingerprint density at radius 1 is 0.455 bits per heavy atom. The lowest BCUT2D eigenvalue weighted by Gasteiger charge is -2.13. The van der Waals surface area contributed by atoms with E-state index in [-0.39, 0.29) is 0 Å². The molecule has 258 valence electrons. The Hall–Kier alpha value is -7.36. The molecule has 9 aromatic carbocycles. The second-order valence-electron chi connectivity index (χ2n) is 14.0. The van der Waals surface area contributed by atoms with Crippen LogP contribution in [0.25, 0.3) is 82.1 Å². The maximum Gasteiger partial charge on any atom is 0.0729 e. The number of nitrogens with zero attached hydrogens (tertiary/aromatic N) is 1. The summed E-state index contributed by atoms with van der Waals surface area (Å²) in [6, 6.07) is 65.8. The van der Waals surface area contributed by atoms with Crippen molar-refractivity contribution in [3.05, 3.63) is 211 Å². The first-order chi connectivity index (χ1) is 27.2. The summed E-state index contributed by atoms with van der Waals surface area (Å²) in [5, 5.41) is 18.9. The lowest BCUT2D eigenvalue weighted by atomic mass is 9.93. The zero-order valence-corrected chi connectivity index (χ0v) is 30.0. The van der Waals surface area contributed by atoms with Crippen LogP contribution in [0.2, 0.25) is 0 Å². The number of H-pyrrole nitrogens is 1. The lowest BCUT2D eigenvalue weighted by molar-refractivity contribution is 1.46. The maximum absolute atomic E-state index is 9.41. The fourth-order valence-electron chi connectivity index (χ4n) is 7.99. The first-order valence-electron chi connectivity index (χ1n) is 18.6. The molecule has 10 aromatic rings. The van der Waals surface area contributed by atoms with Crippen LogP contribution in [0.4, 0.5) is 0 Å². The summed E-state index contributed by atoms with van der Waals surface area (Å²) in [7, 11) is 0. The summed E-state index contributed by atoms with van der Waals surface area (Å²) in [4.78, 5) is 8.97. The number of aromatic nitrogens is 1. The molecule has 0 bridgehead atoms. The van der Waals surface area contributed by atoms with Gasteiger partial charge >= 0.3 is 0 Å². The molecule has 1 heterocycles. The zero-order valence-electron chi connectivity index (χ0n) is 30.0. The number of hydrogen-bond acceptors (Lipinski definition) is 2. The summed E-state index contributed by atoms with van der Waals surface area (Å²) < 4.78 is 0. The van der Waals surface area contributed by atoms with Gasteiger partial charge in [0.1, 0.15) is 0 Å². The van der Waals surface area contributed by atoms with Crippen molar-refractivity contribution < 1.29 is 0 Å². The van der Waals surface area contributed by atoms with Crippen LogP contribution >= 0.6 is 0 Å². The third-order valence-electron chi connectivity index (χ3n) is 10.7. The van der Waals surface area contributed by atoms with Crippen molar-refractivity contribution in [1.82, 2.24) is 4.98 Å². The highest BCUT2D eigenvalue weighted by Crippen LogP contribution is 2.36. The molecule has 0 unspecified atom stereocenters. The van der Waals surface area contributed by atoms with E-state index in [1.807, 2.05) is 42.6 Å². The Balaban J connectivity index is 1.14. The molecule has 0 saturated carbocycles. The number of nitrogens with one attached hydrogen (secondary N) is 2. The van der Waals surface area contributed by atoms with Crippen LogP contribution in [0.1, 0.15) is 16.7 Å². The third-order valence-corrected chi connectivity index (χ3v) is 10.7. The van der Waals surface area contributed by atoms with E-state index in [0.29, 0.717) is 11.4 Å². The third kappa shape index (κ3) is 5.89. The number of aliphatic imine (C=N–C) groups is 1. The van der Waals surface area contributed by atoms with Gasteiger partial charge in [-0.1, -0.05) is 170 Å². The fraction of sp³-hybridized carbons (Fsp3) is 0. The fourth-order valence-corrected chi connectivity index (χ4v) is 7.99. The standard InChI is InChI=1S/C52H35N3/c53-49(37-24-22-35(23-25-37)34-12-2-1-3-13-34)32-51(44-19-9-8-17-41(44)39-27-29-46-45-20-10-11-21-50(45)55-52(46)31-39)54-33-48-42-18-7-5-15-38(42)30-47-40-16-6-4-14-36(40)26-28-43(47)48/h1-33,53,55H/b51-32-,53-49?,54-33?. The van der Waals surface area contributed by atoms with E-state index in [2.05, 4.69) is 163 Å². The van der Waals surface area contributed by atoms with E-state index in [1.54, 1.807) is 0 Å². The number of fused-ring (bicyclic) bond motifs is 7. The highest BCUT2D eigenvalue weighted by atomic mass is 14.7. The lowest BCUT2D eigenvalue weighted by Crippen LogP contribution is -1.98. The average molecular weight is 702 g/mol. The minimum Gasteiger partial charge on any atom is -0.354 e. The Bertz CT molecular complexity index is 3150. The summed E-state index contributed by atoms with van der Waals surface area (Å²) in [6.07, 6.45) is 3.92. The average Bonchev–Trinajstić information content (AvgIpc) is 3.63. The first-order valence-corrected chi connectivity index (χ1v) is 18.6. The molecule has 0 radical (unpaired) electrons. The van der Waals surface area contributed by atoms with Gasteiger partial charge in [-0.25, -0.2) is 0 Å². The number of rotatable bonds is 7. The van der Waals surface area contributed by atoms with Crippen molar-refractivity contribution >= 4 is 71.7 Å².